The van der Waals surface area contributed by atoms with Gasteiger partial charge < -0.3 is 9.64 Å². The van der Waals surface area contributed by atoms with Crippen molar-refractivity contribution < 1.29 is 9.53 Å². The van der Waals surface area contributed by atoms with E-state index in [0.717, 1.165) is 17.8 Å². The number of carbonyl (C=O) groups excluding carboxylic acids is 1. The van der Waals surface area contributed by atoms with Crippen molar-refractivity contribution >= 4 is 5.91 Å². The SMILES string of the molecule is CCC1CN(Cc2cnc(C)cn2)C(=O)CO1. The molecule has 0 aliphatic carbocycles. The van der Waals surface area contributed by atoms with Gasteiger partial charge in [0.2, 0.25) is 5.91 Å². The molecule has 1 saturated heterocycles. The van der Waals surface area contributed by atoms with E-state index in [1.165, 1.54) is 0 Å². The lowest BCUT2D eigenvalue weighted by molar-refractivity contribution is -0.149. The van der Waals surface area contributed by atoms with Gasteiger partial charge in [0.15, 0.2) is 0 Å². The van der Waals surface area contributed by atoms with Crippen molar-refractivity contribution in [3.63, 3.8) is 0 Å². The Labute approximate surface area is 101 Å². The van der Waals surface area contributed by atoms with Crippen molar-refractivity contribution in [2.24, 2.45) is 0 Å². The van der Waals surface area contributed by atoms with Gasteiger partial charge in [0.1, 0.15) is 6.61 Å². The minimum Gasteiger partial charge on any atom is -0.367 e. The van der Waals surface area contributed by atoms with Crippen LogP contribution in [-0.2, 0) is 16.1 Å². The standard InChI is InChI=1S/C12H17N3O2/c1-3-11-7-15(12(16)8-17-11)6-10-5-13-9(2)4-14-10/h4-5,11H,3,6-8H2,1-2H3. The summed E-state index contributed by atoms with van der Waals surface area (Å²) in [5.74, 6) is 0.0251. The molecule has 0 bridgehead atoms. The zero-order chi connectivity index (χ0) is 12.3. The predicted octanol–water partition coefficient (Wildman–Crippen LogP) is 0.922. The van der Waals surface area contributed by atoms with Crippen LogP contribution in [0, 0.1) is 6.92 Å². The molecule has 1 aromatic rings. The maximum Gasteiger partial charge on any atom is 0.249 e. The van der Waals surface area contributed by atoms with Crippen LogP contribution in [0.2, 0.25) is 0 Å². The van der Waals surface area contributed by atoms with Gasteiger partial charge in [0.25, 0.3) is 0 Å². The zero-order valence-corrected chi connectivity index (χ0v) is 10.2. The molecule has 1 aliphatic rings. The molecule has 1 aliphatic heterocycles. The normalized spacial score (nSPS) is 20.7. The Bertz CT molecular complexity index is 391. The second kappa shape index (κ2) is 5.23. The maximum atomic E-state index is 11.7. The number of rotatable bonds is 3. The molecule has 1 fully saturated rings. The average Bonchev–Trinajstić information content (AvgIpc) is 2.35. The number of hydrogen-bond donors (Lipinski definition) is 0. The molecule has 2 rings (SSSR count). The highest BCUT2D eigenvalue weighted by Gasteiger charge is 2.25. The third-order valence-electron chi connectivity index (χ3n) is 2.86. The van der Waals surface area contributed by atoms with Crippen LogP contribution in [0.15, 0.2) is 12.4 Å². The van der Waals surface area contributed by atoms with Gasteiger partial charge in [-0.15, -0.1) is 0 Å². The van der Waals surface area contributed by atoms with Gasteiger partial charge in [0.05, 0.1) is 30.2 Å². The van der Waals surface area contributed by atoms with Crippen molar-refractivity contribution in [2.75, 3.05) is 13.2 Å². The smallest absolute Gasteiger partial charge is 0.249 e. The molecule has 5 heteroatoms. The lowest BCUT2D eigenvalue weighted by atomic mass is 10.2. The van der Waals surface area contributed by atoms with Crippen molar-refractivity contribution in [1.82, 2.24) is 14.9 Å². The highest BCUT2D eigenvalue weighted by Crippen LogP contribution is 2.11. The number of amides is 1. The number of morpholine rings is 1. The molecule has 5 nitrogen and oxygen atoms in total. The second-order valence-electron chi connectivity index (χ2n) is 4.26. The van der Waals surface area contributed by atoms with E-state index in [1.807, 2.05) is 6.92 Å². The highest BCUT2D eigenvalue weighted by atomic mass is 16.5. The van der Waals surface area contributed by atoms with Crippen LogP contribution in [0.4, 0.5) is 0 Å². The molecule has 92 valence electrons. The first-order valence-corrected chi connectivity index (χ1v) is 5.86. The number of hydrogen-bond acceptors (Lipinski definition) is 4. The number of nitrogens with zero attached hydrogens (tertiary/aromatic N) is 3. The fourth-order valence-corrected chi connectivity index (χ4v) is 1.78. The summed E-state index contributed by atoms with van der Waals surface area (Å²) in [6, 6.07) is 0. The van der Waals surface area contributed by atoms with E-state index in [4.69, 9.17) is 4.74 Å². The number of aromatic nitrogens is 2. The van der Waals surface area contributed by atoms with Gasteiger partial charge in [-0.3, -0.25) is 14.8 Å². The van der Waals surface area contributed by atoms with Crippen molar-refractivity contribution in [3.8, 4) is 0 Å². The summed E-state index contributed by atoms with van der Waals surface area (Å²) in [6.07, 6.45) is 4.51. The Balaban J connectivity index is 2.01. The van der Waals surface area contributed by atoms with E-state index in [2.05, 4.69) is 16.9 Å². The van der Waals surface area contributed by atoms with E-state index in [-0.39, 0.29) is 18.6 Å². The van der Waals surface area contributed by atoms with E-state index in [0.29, 0.717) is 13.1 Å². The third kappa shape index (κ3) is 3.00. The van der Waals surface area contributed by atoms with E-state index in [9.17, 15) is 4.79 Å². The highest BCUT2D eigenvalue weighted by molar-refractivity contribution is 5.78. The lowest BCUT2D eigenvalue weighted by Gasteiger charge is -2.31. The molecule has 1 aromatic heterocycles. The Kier molecular flexibility index (Phi) is 3.68. The number of aryl methyl sites for hydroxylation is 1. The van der Waals surface area contributed by atoms with Crippen LogP contribution in [-0.4, -0.2) is 40.0 Å². The first kappa shape index (κ1) is 12.0. The summed E-state index contributed by atoms with van der Waals surface area (Å²) < 4.78 is 5.40. The van der Waals surface area contributed by atoms with Gasteiger partial charge >= 0.3 is 0 Å². The first-order chi connectivity index (χ1) is 8.19. The summed E-state index contributed by atoms with van der Waals surface area (Å²) >= 11 is 0. The van der Waals surface area contributed by atoms with Crippen LogP contribution in [0.1, 0.15) is 24.7 Å². The van der Waals surface area contributed by atoms with Gasteiger partial charge in [-0.25, -0.2) is 0 Å². The Morgan fingerprint density at radius 3 is 2.94 bits per heavy atom. The van der Waals surface area contributed by atoms with Crippen molar-refractivity contribution in [2.45, 2.75) is 32.9 Å². The molecule has 0 N–H and O–H groups in total. The van der Waals surface area contributed by atoms with Gasteiger partial charge in [-0.2, -0.15) is 0 Å². The summed E-state index contributed by atoms with van der Waals surface area (Å²) in [4.78, 5) is 21.9. The van der Waals surface area contributed by atoms with Crippen LogP contribution in [0.5, 0.6) is 0 Å². The maximum absolute atomic E-state index is 11.7. The molecule has 1 unspecified atom stereocenters. The third-order valence-corrected chi connectivity index (χ3v) is 2.86. The molecular formula is C12H17N3O2. The van der Waals surface area contributed by atoms with Gasteiger partial charge in [0, 0.05) is 12.7 Å². The number of ether oxygens (including phenoxy) is 1. The van der Waals surface area contributed by atoms with Gasteiger partial charge in [-0.05, 0) is 13.3 Å². The van der Waals surface area contributed by atoms with Crippen LogP contribution in [0.3, 0.4) is 0 Å². The molecule has 17 heavy (non-hydrogen) atoms. The molecule has 0 spiro atoms. The van der Waals surface area contributed by atoms with Crippen LogP contribution in [0.25, 0.3) is 0 Å². The van der Waals surface area contributed by atoms with Crippen LogP contribution < -0.4 is 0 Å². The fourth-order valence-electron chi connectivity index (χ4n) is 1.78. The van der Waals surface area contributed by atoms with Crippen LogP contribution >= 0.6 is 0 Å². The fraction of sp³-hybridized carbons (Fsp3) is 0.583. The number of carbonyl (C=O) groups is 1. The van der Waals surface area contributed by atoms with Gasteiger partial charge in [-0.1, -0.05) is 6.92 Å². The molecule has 0 aromatic carbocycles. The molecule has 1 atom stereocenters. The molecule has 0 saturated carbocycles. The van der Waals surface area contributed by atoms with Crippen molar-refractivity contribution in [1.29, 1.82) is 0 Å². The van der Waals surface area contributed by atoms with E-state index in [1.54, 1.807) is 17.3 Å². The second-order valence-corrected chi connectivity index (χ2v) is 4.26. The zero-order valence-electron chi connectivity index (χ0n) is 10.2. The van der Waals surface area contributed by atoms with E-state index < -0.39 is 0 Å². The summed E-state index contributed by atoms with van der Waals surface area (Å²) in [5, 5.41) is 0. The molecular weight excluding hydrogens is 218 g/mol. The minimum absolute atomic E-state index is 0.0251. The molecule has 0 radical (unpaired) electrons. The minimum atomic E-state index is 0.0251. The Hall–Kier alpha value is -1.49. The molecule has 1 amide bonds. The quantitative estimate of drug-likeness (QED) is 0.782. The topological polar surface area (TPSA) is 55.3 Å². The Morgan fingerprint density at radius 2 is 2.29 bits per heavy atom. The largest absolute Gasteiger partial charge is 0.367 e. The average molecular weight is 235 g/mol. The summed E-state index contributed by atoms with van der Waals surface area (Å²) in [7, 11) is 0. The van der Waals surface area contributed by atoms with Crippen molar-refractivity contribution in [3.05, 3.63) is 23.8 Å². The Morgan fingerprint density at radius 1 is 1.47 bits per heavy atom. The first-order valence-electron chi connectivity index (χ1n) is 5.86. The summed E-state index contributed by atoms with van der Waals surface area (Å²) in [6.45, 7) is 5.29. The summed E-state index contributed by atoms with van der Waals surface area (Å²) in [5.41, 5.74) is 1.70. The molecule has 2 heterocycles. The monoisotopic (exact) mass is 235 g/mol. The van der Waals surface area contributed by atoms with E-state index >= 15 is 0 Å². The predicted molar refractivity (Wildman–Crippen MR) is 62.2 cm³/mol. The lowest BCUT2D eigenvalue weighted by Crippen LogP contribution is -2.45.